The zero-order chi connectivity index (χ0) is 18.8. The van der Waals surface area contributed by atoms with Gasteiger partial charge >= 0.3 is 12.1 Å². The molecule has 25 heavy (non-hydrogen) atoms. The van der Waals surface area contributed by atoms with E-state index in [4.69, 9.17) is 0 Å². The van der Waals surface area contributed by atoms with Crippen LogP contribution in [0.15, 0.2) is 29.2 Å². The van der Waals surface area contributed by atoms with E-state index in [1.165, 1.54) is 0 Å². The van der Waals surface area contributed by atoms with Crippen LogP contribution in [-0.2, 0) is 30.5 Å². The normalized spacial score (nSPS) is 19.4. The largest absolute Gasteiger partial charge is 0.469 e. The summed E-state index contributed by atoms with van der Waals surface area (Å²) >= 11 is 0. The van der Waals surface area contributed by atoms with Gasteiger partial charge in [0.2, 0.25) is 15.9 Å². The zero-order valence-electron chi connectivity index (χ0n) is 13.0. The Morgan fingerprint density at radius 3 is 2.44 bits per heavy atom. The van der Waals surface area contributed by atoms with Gasteiger partial charge in [0.1, 0.15) is 6.04 Å². The van der Waals surface area contributed by atoms with Crippen molar-refractivity contribution >= 4 is 21.9 Å². The van der Waals surface area contributed by atoms with Gasteiger partial charge in [-0.05, 0) is 24.3 Å². The lowest BCUT2D eigenvalue weighted by Gasteiger charge is -2.33. The first-order valence-corrected chi connectivity index (χ1v) is 8.55. The van der Waals surface area contributed by atoms with E-state index in [1.54, 1.807) is 0 Å². The molecule has 1 N–H and O–H groups in total. The predicted octanol–water partition coefficient (Wildman–Crippen LogP) is 0.758. The van der Waals surface area contributed by atoms with Gasteiger partial charge in [0, 0.05) is 13.1 Å². The average molecular weight is 380 g/mol. The highest BCUT2D eigenvalue weighted by Crippen LogP contribution is 2.30. The maximum atomic E-state index is 12.7. The number of carbonyl (C=O) groups is 2. The molecule has 2 rings (SSSR count). The summed E-state index contributed by atoms with van der Waals surface area (Å²) in [7, 11) is -3.17. The molecule has 1 fully saturated rings. The summed E-state index contributed by atoms with van der Waals surface area (Å²) in [6.45, 7) is -0.0902. The molecular formula is C14H15F3N2O5S. The monoisotopic (exact) mass is 380 g/mol. The lowest BCUT2D eigenvalue weighted by Crippen LogP contribution is -2.57. The summed E-state index contributed by atoms with van der Waals surface area (Å²) in [6, 6.07) is 1.60. The molecule has 1 atom stereocenters. The maximum Gasteiger partial charge on any atom is 0.416 e. The molecule has 1 aromatic carbocycles. The van der Waals surface area contributed by atoms with Gasteiger partial charge < -0.3 is 10.1 Å². The van der Waals surface area contributed by atoms with Gasteiger partial charge in [-0.2, -0.15) is 17.5 Å². The highest BCUT2D eigenvalue weighted by molar-refractivity contribution is 7.89. The number of sulfonamides is 1. The summed E-state index contributed by atoms with van der Waals surface area (Å²) in [4.78, 5) is 23.0. The minimum atomic E-state index is -4.60. The Morgan fingerprint density at radius 1 is 1.32 bits per heavy atom. The van der Waals surface area contributed by atoms with Gasteiger partial charge in [-0.15, -0.1) is 0 Å². The van der Waals surface area contributed by atoms with E-state index in [0.717, 1.165) is 23.5 Å². The van der Waals surface area contributed by atoms with Crippen LogP contribution in [0.3, 0.4) is 0 Å². The molecule has 0 spiro atoms. The number of benzene rings is 1. The quantitative estimate of drug-likeness (QED) is 0.779. The van der Waals surface area contributed by atoms with Crippen LogP contribution in [0, 0.1) is 0 Å². The number of methoxy groups -OCH3 is 1. The number of nitrogens with zero attached hydrogens (tertiary/aromatic N) is 1. The topological polar surface area (TPSA) is 92.8 Å². The molecular weight excluding hydrogens is 365 g/mol. The van der Waals surface area contributed by atoms with E-state index < -0.39 is 51.0 Å². The van der Waals surface area contributed by atoms with E-state index >= 15 is 0 Å². The minimum absolute atomic E-state index is 0.0242. The van der Waals surface area contributed by atoms with Crippen LogP contribution < -0.4 is 5.32 Å². The molecule has 11 heteroatoms. The van der Waals surface area contributed by atoms with Crippen LogP contribution in [0.4, 0.5) is 13.2 Å². The van der Waals surface area contributed by atoms with Gasteiger partial charge in [-0.25, -0.2) is 8.42 Å². The van der Waals surface area contributed by atoms with Crippen molar-refractivity contribution in [1.82, 2.24) is 9.62 Å². The van der Waals surface area contributed by atoms with Gasteiger partial charge in [0.15, 0.2) is 0 Å². The highest BCUT2D eigenvalue weighted by Gasteiger charge is 2.40. The molecule has 0 radical (unpaired) electrons. The number of rotatable bonds is 4. The van der Waals surface area contributed by atoms with Crippen molar-refractivity contribution in [3.63, 3.8) is 0 Å². The number of hydrogen-bond donors (Lipinski definition) is 1. The number of ether oxygens (including phenoxy) is 1. The lowest BCUT2D eigenvalue weighted by atomic mass is 10.1. The molecule has 0 unspecified atom stereocenters. The third kappa shape index (κ3) is 4.10. The highest BCUT2D eigenvalue weighted by atomic mass is 32.2. The summed E-state index contributed by atoms with van der Waals surface area (Å²) in [5, 5.41) is 2.44. The summed E-state index contributed by atoms with van der Waals surface area (Å²) in [5.74, 6) is -1.46. The summed E-state index contributed by atoms with van der Waals surface area (Å²) in [5.41, 5.74) is -0.992. The van der Waals surface area contributed by atoms with Crippen molar-refractivity contribution in [1.29, 1.82) is 0 Å². The number of esters is 1. The van der Waals surface area contributed by atoms with E-state index in [-0.39, 0.29) is 13.1 Å². The van der Waals surface area contributed by atoms with Crippen LogP contribution in [0.5, 0.6) is 0 Å². The second-order valence-corrected chi connectivity index (χ2v) is 7.12. The fourth-order valence-corrected chi connectivity index (χ4v) is 3.96. The molecule has 1 heterocycles. The molecule has 1 amide bonds. The Balaban J connectivity index is 2.35. The first-order valence-electron chi connectivity index (χ1n) is 7.11. The van der Waals surface area contributed by atoms with Crippen LogP contribution in [-0.4, -0.2) is 50.8 Å². The first-order chi connectivity index (χ1) is 11.6. The van der Waals surface area contributed by atoms with Crippen molar-refractivity contribution in [3.8, 4) is 0 Å². The number of amides is 1. The molecule has 0 saturated carbocycles. The van der Waals surface area contributed by atoms with E-state index in [2.05, 4.69) is 10.1 Å². The van der Waals surface area contributed by atoms with E-state index in [9.17, 15) is 31.2 Å². The fraction of sp³-hybridized carbons (Fsp3) is 0.429. The summed E-state index contributed by atoms with van der Waals surface area (Å²) in [6.07, 6.45) is -5.09. The van der Waals surface area contributed by atoms with Crippen LogP contribution in [0.25, 0.3) is 0 Å². The SMILES string of the molecule is COC(=O)C[C@H]1C(=O)NCCN1S(=O)(=O)c1ccc(C(F)(F)F)cc1. The number of alkyl halides is 3. The van der Waals surface area contributed by atoms with Gasteiger partial charge in [0.05, 0.1) is 24.0 Å². The van der Waals surface area contributed by atoms with Gasteiger partial charge in [-0.3, -0.25) is 9.59 Å². The molecule has 1 aliphatic heterocycles. The molecule has 1 saturated heterocycles. The standard InChI is InChI=1S/C14H15F3N2O5S/c1-24-12(20)8-11-13(21)18-6-7-19(11)25(22,23)10-4-2-9(3-5-10)14(15,16)17/h2-5,11H,6-8H2,1H3,(H,18,21)/t11-/m0/s1. The number of nitrogens with one attached hydrogen (secondary N) is 1. The van der Waals surface area contributed by atoms with Crippen molar-refractivity contribution < 1.29 is 35.9 Å². The molecule has 0 aliphatic carbocycles. The Morgan fingerprint density at radius 2 is 1.92 bits per heavy atom. The Kier molecular flexibility index (Phi) is 5.37. The van der Waals surface area contributed by atoms with Gasteiger partial charge in [0.25, 0.3) is 0 Å². The lowest BCUT2D eigenvalue weighted by molar-refractivity contribution is -0.144. The van der Waals surface area contributed by atoms with Crippen LogP contribution in [0.1, 0.15) is 12.0 Å². The van der Waals surface area contributed by atoms with Crippen molar-refractivity contribution in [2.75, 3.05) is 20.2 Å². The molecule has 138 valence electrons. The first kappa shape index (κ1) is 19.2. The minimum Gasteiger partial charge on any atom is -0.469 e. The number of hydrogen-bond acceptors (Lipinski definition) is 5. The predicted molar refractivity (Wildman–Crippen MR) is 78.8 cm³/mol. The third-order valence-electron chi connectivity index (χ3n) is 3.66. The molecule has 0 aromatic heterocycles. The molecule has 1 aliphatic rings. The van der Waals surface area contributed by atoms with E-state index in [0.29, 0.717) is 12.1 Å². The average Bonchev–Trinajstić information content (AvgIpc) is 2.55. The summed E-state index contributed by atoms with van der Waals surface area (Å²) < 4.78 is 68.4. The second kappa shape index (κ2) is 7.00. The smallest absolute Gasteiger partial charge is 0.416 e. The molecule has 1 aromatic rings. The van der Waals surface area contributed by atoms with Crippen molar-refractivity contribution in [2.45, 2.75) is 23.5 Å². The van der Waals surface area contributed by atoms with Gasteiger partial charge in [-0.1, -0.05) is 0 Å². The Labute approximate surface area is 141 Å². The fourth-order valence-electron chi connectivity index (χ4n) is 2.37. The number of piperazine rings is 1. The van der Waals surface area contributed by atoms with Crippen molar-refractivity contribution in [2.24, 2.45) is 0 Å². The van der Waals surface area contributed by atoms with Crippen LogP contribution >= 0.6 is 0 Å². The molecule has 7 nitrogen and oxygen atoms in total. The maximum absolute atomic E-state index is 12.7. The van der Waals surface area contributed by atoms with E-state index in [1.807, 2.05) is 0 Å². The Hall–Kier alpha value is -2.14. The zero-order valence-corrected chi connectivity index (χ0v) is 13.9. The van der Waals surface area contributed by atoms with Crippen LogP contribution in [0.2, 0.25) is 0 Å². The number of halogens is 3. The van der Waals surface area contributed by atoms with Crippen molar-refractivity contribution in [3.05, 3.63) is 29.8 Å². The number of carbonyl (C=O) groups excluding carboxylic acids is 2. The third-order valence-corrected chi connectivity index (χ3v) is 5.58. The second-order valence-electron chi connectivity index (χ2n) is 5.22. The Bertz CT molecular complexity index is 762. The molecule has 0 bridgehead atoms.